The molecule has 0 spiro atoms. The second-order valence-electron chi connectivity index (χ2n) is 4.25. The number of halogens is 1. The highest BCUT2D eigenvalue weighted by atomic mass is 35.5. The molecular formula is C13H14ClNO2S. The summed E-state index contributed by atoms with van der Waals surface area (Å²) in [7, 11) is 1.33. The molecule has 0 saturated heterocycles. The van der Waals surface area contributed by atoms with Crippen molar-refractivity contribution in [2.24, 2.45) is 0 Å². The van der Waals surface area contributed by atoms with Gasteiger partial charge in [0.25, 0.3) is 0 Å². The van der Waals surface area contributed by atoms with Crippen molar-refractivity contribution < 1.29 is 9.53 Å². The lowest BCUT2D eigenvalue weighted by Gasteiger charge is -2.19. The lowest BCUT2D eigenvalue weighted by molar-refractivity contribution is -0.140. The van der Waals surface area contributed by atoms with Crippen molar-refractivity contribution in [2.75, 3.05) is 7.11 Å². The highest BCUT2D eigenvalue weighted by molar-refractivity contribution is 8.15. The number of alkyl halides is 1. The normalized spacial score (nSPS) is 17.9. The van der Waals surface area contributed by atoms with Gasteiger partial charge in [-0.1, -0.05) is 42.1 Å². The Morgan fingerprint density at radius 3 is 2.56 bits per heavy atom. The Bertz CT molecular complexity index is 459. The van der Waals surface area contributed by atoms with Gasteiger partial charge < -0.3 is 4.74 Å². The van der Waals surface area contributed by atoms with E-state index in [9.17, 15) is 4.79 Å². The first kappa shape index (κ1) is 13.4. The Labute approximate surface area is 115 Å². The number of benzene rings is 1. The molecule has 1 aromatic rings. The molecule has 1 fully saturated rings. The van der Waals surface area contributed by atoms with Gasteiger partial charge in [0.1, 0.15) is 5.38 Å². The number of esters is 1. The Morgan fingerprint density at radius 1 is 1.44 bits per heavy atom. The Kier molecular flexibility index (Phi) is 3.97. The molecule has 18 heavy (non-hydrogen) atoms. The van der Waals surface area contributed by atoms with Crippen molar-refractivity contribution in [3.63, 3.8) is 0 Å². The largest absolute Gasteiger partial charge is 0.468 e. The maximum absolute atomic E-state index is 11.5. The molecule has 2 rings (SSSR count). The van der Waals surface area contributed by atoms with E-state index < -0.39 is 11.3 Å². The van der Waals surface area contributed by atoms with Crippen LogP contribution in [0.5, 0.6) is 0 Å². The average Bonchev–Trinajstić information content (AvgIpc) is 3.18. The van der Waals surface area contributed by atoms with Gasteiger partial charge in [-0.15, -0.1) is 11.6 Å². The highest BCUT2D eigenvalue weighted by Gasteiger charge is 2.54. The molecule has 96 valence electrons. The van der Waals surface area contributed by atoms with Crippen LogP contribution in [0.15, 0.2) is 30.3 Å². The van der Waals surface area contributed by atoms with Gasteiger partial charge in [-0.05, 0) is 12.8 Å². The van der Waals surface area contributed by atoms with Gasteiger partial charge in [0.2, 0.25) is 0 Å². The highest BCUT2D eigenvalue weighted by Crippen LogP contribution is 2.54. The first-order valence-corrected chi connectivity index (χ1v) is 6.89. The third kappa shape index (κ3) is 2.70. The van der Waals surface area contributed by atoms with Gasteiger partial charge in [-0.25, -0.2) is 0 Å². The lowest BCUT2D eigenvalue weighted by Crippen LogP contribution is -2.30. The predicted octanol–water partition coefficient (Wildman–Crippen LogP) is 3.06. The van der Waals surface area contributed by atoms with E-state index in [-0.39, 0.29) is 4.75 Å². The third-order valence-electron chi connectivity index (χ3n) is 2.95. The maximum atomic E-state index is 11.5. The minimum absolute atomic E-state index is 0.360. The molecule has 0 amide bonds. The fraction of sp³-hybridized carbons (Fsp3) is 0.385. The summed E-state index contributed by atoms with van der Waals surface area (Å²) in [6, 6.07) is 9.46. The lowest BCUT2D eigenvalue weighted by atomic mass is 10.2. The topological polar surface area (TPSA) is 50.2 Å². The molecule has 0 radical (unpaired) electrons. The van der Waals surface area contributed by atoms with E-state index >= 15 is 0 Å². The molecule has 1 aromatic carbocycles. The summed E-state index contributed by atoms with van der Waals surface area (Å²) in [5.41, 5.74) is 0.850. The molecule has 0 aliphatic heterocycles. The van der Waals surface area contributed by atoms with E-state index in [0.717, 1.165) is 18.4 Å². The van der Waals surface area contributed by atoms with Crippen LogP contribution in [-0.2, 0) is 9.53 Å². The Morgan fingerprint density at radius 2 is 2.06 bits per heavy atom. The van der Waals surface area contributed by atoms with E-state index in [1.54, 1.807) is 0 Å². The summed E-state index contributed by atoms with van der Waals surface area (Å²) >= 11 is 7.49. The summed E-state index contributed by atoms with van der Waals surface area (Å²) in [5, 5.41) is 7.83. The van der Waals surface area contributed by atoms with Crippen molar-refractivity contribution >= 4 is 34.4 Å². The maximum Gasteiger partial charge on any atom is 0.325 e. The smallest absolute Gasteiger partial charge is 0.325 e. The number of nitrogens with one attached hydrogen (secondary N) is 1. The fourth-order valence-electron chi connectivity index (χ4n) is 1.70. The second-order valence-corrected chi connectivity index (χ2v) is 6.11. The second kappa shape index (κ2) is 5.33. The number of methoxy groups -OCH3 is 1. The first-order chi connectivity index (χ1) is 8.59. The van der Waals surface area contributed by atoms with Crippen LogP contribution in [0.25, 0.3) is 0 Å². The van der Waals surface area contributed by atoms with Crippen LogP contribution < -0.4 is 0 Å². The molecule has 1 saturated carbocycles. The van der Waals surface area contributed by atoms with E-state index in [2.05, 4.69) is 4.74 Å². The zero-order chi connectivity index (χ0) is 13.2. The summed E-state index contributed by atoms with van der Waals surface area (Å²) < 4.78 is 4.31. The van der Waals surface area contributed by atoms with Gasteiger partial charge in [-0.3, -0.25) is 10.2 Å². The van der Waals surface area contributed by atoms with E-state index in [1.807, 2.05) is 30.3 Å². The van der Waals surface area contributed by atoms with Gasteiger partial charge in [0.05, 0.1) is 12.2 Å². The zero-order valence-electron chi connectivity index (χ0n) is 9.98. The predicted molar refractivity (Wildman–Crippen MR) is 74.5 cm³/mol. The number of hydrogen-bond donors (Lipinski definition) is 1. The number of carbonyl (C=O) groups is 1. The quantitative estimate of drug-likeness (QED) is 0.400. The molecule has 3 nitrogen and oxygen atoms in total. The average molecular weight is 284 g/mol. The molecule has 1 aliphatic carbocycles. The summed E-state index contributed by atoms with van der Waals surface area (Å²) in [6.07, 6.45) is 1.69. The zero-order valence-corrected chi connectivity index (χ0v) is 11.6. The van der Waals surface area contributed by atoms with Crippen LogP contribution in [0, 0.1) is 5.41 Å². The van der Waals surface area contributed by atoms with Crippen molar-refractivity contribution in [1.82, 2.24) is 0 Å². The summed E-state index contributed by atoms with van der Waals surface area (Å²) in [6.45, 7) is 0. The Balaban J connectivity index is 2.06. The van der Waals surface area contributed by atoms with Crippen molar-refractivity contribution in [3.8, 4) is 0 Å². The molecule has 1 aliphatic rings. The third-order valence-corrected chi connectivity index (χ3v) is 5.17. The van der Waals surface area contributed by atoms with E-state index in [1.165, 1.54) is 18.9 Å². The summed E-state index contributed by atoms with van der Waals surface area (Å²) in [5.74, 6) is -0.414. The standard InChI is InChI=1S/C13H14ClNO2S/c1-17-12(16)10(14)13(7-8-13)18-11(15)9-5-3-2-4-6-9/h2-6,10,15H,7-8H2,1H3. The number of carbonyl (C=O) groups excluding carboxylic acids is 1. The monoisotopic (exact) mass is 283 g/mol. The SMILES string of the molecule is COC(=O)C(Cl)C1(SC(=N)c2ccccc2)CC1. The van der Waals surface area contributed by atoms with E-state index in [0.29, 0.717) is 5.04 Å². The number of ether oxygens (including phenoxy) is 1. The summed E-state index contributed by atoms with van der Waals surface area (Å²) in [4.78, 5) is 11.5. The van der Waals surface area contributed by atoms with Crippen molar-refractivity contribution in [1.29, 1.82) is 5.41 Å². The molecule has 0 heterocycles. The fourth-order valence-corrected chi connectivity index (χ4v) is 3.31. The van der Waals surface area contributed by atoms with Crippen LogP contribution >= 0.6 is 23.4 Å². The van der Waals surface area contributed by atoms with Crippen molar-refractivity contribution in [3.05, 3.63) is 35.9 Å². The van der Waals surface area contributed by atoms with Crippen LogP contribution in [-0.4, -0.2) is 28.2 Å². The first-order valence-electron chi connectivity index (χ1n) is 5.64. The minimum Gasteiger partial charge on any atom is -0.468 e. The molecule has 1 N–H and O–H groups in total. The van der Waals surface area contributed by atoms with Gasteiger partial charge in [-0.2, -0.15) is 0 Å². The molecular weight excluding hydrogens is 270 g/mol. The molecule has 0 bridgehead atoms. The van der Waals surface area contributed by atoms with Crippen LogP contribution in [0.3, 0.4) is 0 Å². The molecule has 1 unspecified atom stereocenters. The van der Waals surface area contributed by atoms with Crippen LogP contribution in [0.4, 0.5) is 0 Å². The van der Waals surface area contributed by atoms with Crippen LogP contribution in [0.2, 0.25) is 0 Å². The minimum atomic E-state index is -0.684. The number of thioether (sulfide) groups is 1. The molecule has 0 aromatic heterocycles. The number of hydrogen-bond acceptors (Lipinski definition) is 4. The van der Waals surface area contributed by atoms with Gasteiger partial charge in [0.15, 0.2) is 0 Å². The number of rotatable bonds is 4. The van der Waals surface area contributed by atoms with Crippen LogP contribution in [0.1, 0.15) is 18.4 Å². The Hall–Kier alpha value is -1.00. The van der Waals surface area contributed by atoms with E-state index in [4.69, 9.17) is 17.0 Å². The van der Waals surface area contributed by atoms with Crippen molar-refractivity contribution in [2.45, 2.75) is 23.0 Å². The van der Waals surface area contributed by atoms with Gasteiger partial charge >= 0.3 is 5.97 Å². The van der Waals surface area contributed by atoms with Gasteiger partial charge in [0, 0.05) is 10.3 Å². The molecule has 5 heteroatoms. The molecule has 1 atom stereocenters.